The van der Waals surface area contributed by atoms with Gasteiger partial charge < -0.3 is 5.32 Å². The summed E-state index contributed by atoms with van der Waals surface area (Å²) in [6.45, 7) is 1.66. The van der Waals surface area contributed by atoms with Crippen molar-refractivity contribution in [2.75, 3.05) is 19.6 Å². The standard InChI is InChI=1S/C21H26N2O3S/c24-21(22-14-8-11-18-9-3-1-4-10-18)19-12-7-13-20(17-19)27(25,26)23-15-5-2-6-16-23/h1,3-4,7,9-10,12-13,17H,2,5-6,8,11,14-16H2,(H,22,24). The van der Waals surface area contributed by atoms with E-state index in [0.717, 1.165) is 32.1 Å². The third-order valence-electron chi connectivity index (χ3n) is 4.82. The van der Waals surface area contributed by atoms with Crippen molar-refractivity contribution in [3.05, 3.63) is 65.7 Å². The molecule has 1 saturated heterocycles. The molecule has 0 aromatic heterocycles. The van der Waals surface area contributed by atoms with E-state index in [9.17, 15) is 13.2 Å². The molecule has 1 aliphatic rings. The number of amides is 1. The van der Waals surface area contributed by atoms with Crippen LogP contribution in [-0.2, 0) is 16.4 Å². The van der Waals surface area contributed by atoms with Crippen molar-refractivity contribution in [1.29, 1.82) is 0 Å². The summed E-state index contributed by atoms with van der Waals surface area (Å²) in [4.78, 5) is 12.6. The highest BCUT2D eigenvalue weighted by molar-refractivity contribution is 7.89. The molecule has 1 N–H and O–H groups in total. The zero-order valence-electron chi connectivity index (χ0n) is 15.4. The summed E-state index contributed by atoms with van der Waals surface area (Å²) >= 11 is 0. The molecule has 0 bridgehead atoms. The Morgan fingerprint density at radius 3 is 2.44 bits per heavy atom. The van der Waals surface area contributed by atoms with Crippen LogP contribution in [-0.4, -0.2) is 38.3 Å². The van der Waals surface area contributed by atoms with E-state index in [1.165, 1.54) is 15.9 Å². The monoisotopic (exact) mass is 386 g/mol. The van der Waals surface area contributed by atoms with E-state index in [4.69, 9.17) is 0 Å². The van der Waals surface area contributed by atoms with Gasteiger partial charge in [0, 0.05) is 25.2 Å². The van der Waals surface area contributed by atoms with Crippen molar-refractivity contribution in [1.82, 2.24) is 9.62 Å². The minimum atomic E-state index is -3.53. The molecule has 5 nitrogen and oxygen atoms in total. The molecule has 1 aliphatic heterocycles. The zero-order valence-corrected chi connectivity index (χ0v) is 16.2. The maximum absolute atomic E-state index is 12.8. The Hall–Kier alpha value is -2.18. The fourth-order valence-electron chi connectivity index (χ4n) is 3.29. The lowest BCUT2D eigenvalue weighted by Gasteiger charge is -2.26. The van der Waals surface area contributed by atoms with Crippen LogP contribution in [0.5, 0.6) is 0 Å². The summed E-state index contributed by atoms with van der Waals surface area (Å²) in [5.41, 5.74) is 1.62. The van der Waals surface area contributed by atoms with Gasteiger partial charge in [0.2, 0.25) is 10.0 Å². The normalized spacial score (nSPS) is 15.4. The first kappa shape index (κ1) is 19.6. The number of aryl methyl sites for hydroxylation is 1. The van der Waals surface area contributed by atoms with Crippen LogP contribution in [0.2, 0.25) is 0 Å². The molecular weight excluding hydrogens is 360 g/mol. The van der Waals surface area contributed by atoms with Crippen molar-refractivity contribution in [3.8, 4) is 0 Å². The van der Waals surface area contributed by atoms with E-state index < -0.39 is 10.0 Å². The molecule has 3 rings (SSSR count). The molecule has 0 atom stereocenters. The second-order valence-electron chi connectivity index (χ2n) is 6.84. The smallest absolute Gasteiger partial charge is 0.251 e. The van der Waals surface area contributed by atoms with Gasteiger partial charge in [0.15, 0.2) is 0 Å². The van der Waals surface area contributed by atoms with Crippen LogP contribution in [0.3, 0.4) is 0 Å². The lowest BCUT2D eigenvalue weighted by Crippen LogP contribution is -2.35. The Labute approximate surface area is 161 Å². The van der Waals surface area contributed by atoms with Gasteiger partial charge in [0.25, 0.3) is 5.91 Å². The largest absolute Gasteiger partial charge is 0.352 e. The number of sulfonamides is 1. The van der Waals surface area contributed by atoms with Gasteiger partial charge in [-0.25, -0.2) is 8.42 Å². The molecule has 1 amide bonds. The number of benzene rings is 2. The number of carbonyl (C=O) groups excluding carboxylic acids is 1. The van der Waals surface area contributed by atoms with Gasteiger partial charge in [0.05, 0.1) is 4.90 Å². The van der Waals surface area contributed by atoms with Gasteiger partial charge in [-0.05, 0) is 49.4 Å². The number of piperidine rings is 1. The predicted molar refractivity (Wildman–Crippen MR) is 106 cm³/mol. The summed E-state index contributed by atoms with van der Waals surface area (Å²) in [7, 11) is -3.53. The highest BCUT2D eigenvalue weighted by Gasteiger charge is 2.26. The zero-order chi connectivity index (χ0) is 19.1. The van der Waals surface area contributed by atoms with Crippen LogP contribution in [0.4, 0.5) is 0 Å². The van der Waals surface area contributed by atoms with Gasteiger partial charge in [-0.15, -0.1) is 0 Å². The van der Waals surface area contributed by atoms with Crippen LogP contribution in [0.1, 0.15) is 41.6 Å². The van der Waals surface area contributed by atoms with E-state index in [2.05, 4.69) is 17.4 Å². The Morgan fingerprint density at radius 1 is 0.963 bits per heavy atom. The molecule has 0 unspecified atom stereocenters. The second-order valence-corrected chi connectivity index (χ2v) is 8.78. The van der Waals surface area contributed by atoms with Gasteiger partial charge >= 0.3 is 0 Å². The van der Waals surface area contributed by atoms with Crippen LogP contribution in [0.25, 0.3) is 0 Å². The molecule has 6 heteroatoms. The Balaban J connectivity index is 1.58. The van der Waals surface area contributed by atoms with E-state index in [0.29, 0.717) is 25.2 Å². The van der Waals surface area contributed by atoms with E-state index >= 15 is 0 Å². The van der Waals surface area contributed by atoms with Crippen molar-refractivity contribution in [2.24, 2.45) is 0 Å². The lowest BCUT2D eigenvalue weighted by molar-refractivity contribution is 0.0953. The van der Waals surface area contributed by atoms with E-state index in [1.54, 1.807) is 18.2 Å². The molecule has 0 saturated carbocycles. The summed E-state index contributed by atoms with van der Waals surface area (Å²) < 4.78 is 27.1. The number of nitrogens with zero attached hydrogens (tertiary/aromatic N) is 1. The number of nitrogens with one attached hydrogen (secondary N) is 1. The van der Waals surface area contributed by atoms with Crippen molar-refractivity contribution >= 4 is 15.9 Å². The first-order valence-corrected chi connectivity index (χ1v) is 10.9. The summed E-state index contributed by atoms with van der Waals surface area (Å²) in [5.74, 6) is -0.237. The molecule has 1 fully saturated rings. The number of hydrogen-bond donors (Lipinski definition) is 1. The minimum Gasteiger partial charge on any atom is -0.352 e. The molecule has 1 heterocycles. The molecule has 27 heavy (non-hydrogen) atoms. The SMILES string of the molecule is O=C(NCCCc1ccccc1)c1cccc(S(=O)(=O)N2CCCCC2)c1. The number of carbonyl (C=O) groups is 1. The highest BCUT2D eigenvalue weighted by Crippen LogP contribution is 2.21. The maximum atomic E-state index is 12.8. The molecule has 144 valence electrons. The third kappa shape index (κ3) is 5.17. The van der Waals surface area contributed by atoms with Crippen LogP contribution < -0.4 is 5.32 Å². The average Bonchev–Trinajstić information content (AvgIpc) is 2.72. The Morgan fingerprint density at radius 2 is 1.70 bits per heavy atom. The quantitative estimate of drug-likeness (QED) is 0.743. The van der Waals surface area contributed by atoms with Crippen molar-refractivity contribution < 1.29 is 13.2 Å². The fraction of sp³-hybridized carbons (Fsp3) is 0.381. The molecule has 0 radical (unpaired) electrons. The van der Waals surface area contributed by atoms with Crippen LogP contribution >= 0.6 is 0 Å². The van der Waals surface area contributed by atoms with Crippen LogP contribution in [0, 0.1) is 0 Å². The topological polar surface area (TPSA) is 66.5 Å². The van der Waals surface area contributed by atoms with Crippen LogP contribution in [0.15, 0.2) is 59.5 Å². The van der Waals surface area contributed by atoms with Gasteiger partial charge in [0.1, 0.15) is 0 Å². The Kier molecular flexibility index (Phi) is 6.63. The highest BCUT2D eigenvalue weighted by atomic mass is 32.2. The predicted octanol–water partition coefficient (Wildman–Crippen LogP) is 3.22. The first-order valence-electron chi connectivity index (χ1n) is 9.50. The average molecular weight is 387 g/mol. The summed E-state index contributed by atoms with van der Waals surface area (Å²) in [6, 6.07) is 16.5. The maximum Gasteiger partial charge on any atom is 0.251 e. The third-order valence-corrected chi connectivity index (χ3v) is 6.71. The number of rotatable bonds is 7. The molecule has 0 spiro atoms. The summed E-state index contributed by atoms with van der Waals surface area (Å²) in [6.07, 6.45) is 4.57. The van der Waals surface area contributed by atoms with Crippen molar-refractivity contribution in [2.45, 2.75) is 37.0 Å². The van der Waals surface area contributed by atoms with Gasteiger partial charge in [-0.1, -0.05) is 42.8 Å². The van der Waals surface area contributed by atoms with Gasteiger partial charge in [-0.2, -0.15) is 4.31 Å². The molecule has 2 aromatic carbocycles. The molecular formula is C21H26N2O3S. The molecule has 0 aliphatic carbocycles. The van der Waals surface area contributed by atoms with Crippen molar-refractivity contribution in [3.63, 3.8) is 0 Å². The van der Waals surface area contributed by atoms with E-state index in [1.807, 2.05) is 18.2 Å². The Bertz CT molecular complexity index is 860. The summed E-state index contributed by atoms with van der Waals surface area (Å²) in [5, 5.41) is 2.88. The van der Waals surface area contributed by atoms with Gasteiger partial charge in [-0.3, -0.25) is 4.79 Å². The lowest BCUT2D eigenvalue weighted by atomic mass is 10.1. The second kappa shape index (κ2) is 9.15. The number of hydrogen-bond acceptors (Lipinski definition) is 3. The fourth-order valence-corrected chi connectivity index (χ4v) is 4.86. The molecule has 2 aromatic rings. The minimum absolute atomic E-state index is 0.196. The first-order chi connectivity index (χ1) is 13.1. The van der Waals surface area contributed by atoms with E-state index in [-0.39, 0.29) is 10.8 Å².